The van der Waals surface area contributed by atoms with E-state index >= 15 is 0 Å². The number of hydrogen-bond acceptors (Lipinski definition) is 13. The van der Waals surface area contributed by atoms with Crippen LogP contribution in [0, 0.1) is 0 Å². The molecule has 5 atom stereocenters. The summed E-state index contributed by atoms with van der Waals surface area (Å²) in [5, 5.41) is 0. The number of ether oxygens (including phenoxy) is 8. The number of methoxy groups -OCH3 is 2. The predicted molar refractivity (Wildman–Crippen MR) is 140 cm³/mol. The van der Waals surface area contributed by atoms with Crippen molar-refractivity contribution in [1.82, 2.24) is 0 Å². The highest BCUT2D eigenvalue weighted by Crippen LogP contribution is 2.41. The molecule has 1 aliphatic rings. The van der Waals surface area contributed by atoms with Crippen LogP contribution in [0.1, 0.15) is 33.3 Å². The normalized spacial score (nSPS) is 22.4. The zero-order chi connectivity index (χ0) is 29.3. The summed E-state index contributed by atoms with van der Waals surface area (Å²) in [5.41, 5.74) is 0.544. The Bertz CT molecular complexity index is 1090. The summed E-state index contributed by atoms with van der Waals surface area (Å²) in [6.45, 7) is 4.10. The SMILES string of the molecule is COc1cc(C=CC(=O)I)cc(OC)c1O[C@@H]1O[C@H](COC(C)=O)[C@H](OC(C)=O)[C@H](OC(C)=O)[C@H]1OC(C)=O. The molecule has 0 aromatic heterocycles. The van der Waals surface area contributed by atoms with E-state index in [1.165, 1.54) is 33.3 Å². The van der Waals surface area contributed by atoms with Gasteiger partial charge in [0, 0.05) is 50.3 Å². The first-order valence-corrected chi connectivity index (χ1v) is 12.5. The summed E-state index contributed by atoms with van der Waals surface area (Å²) in [4.78, 5) is 58.8. The lowest BCUT2D eigenvalue weighted by Gasteiger charge is -2.44. The second-order valence-corrected chi connectivity index (χ2v) is 9.14. The van der Waals surface area contributed by atoms with Gasteiger partial charge in [-0.3, -0.25) is 24.0 Å². The molecule has 14 heteroatoms. The van der Waals surface area contributed by atoms with Crippen molar-refractivity contribution < 1.29 is 61.9 Å². The second kappa shape index (κ2) is 14.7. The molecular weight excluding hydrogens is 635 g/mol. The number of benzene rings is 1. The molecule has 0 bridgehead atoms. The summed E-state index contributed by atoms with van der Waals surface area (Å²) in [7, 11) is 2.73. The molecule has 0 spiro atoms. The first-order valence-electron chi connectivity index (χ1n) is 11.5. The molecule has 0 saturated carbocycles. The Morgan fingerprint density at radius 3 is 1.79 bits per heavy atom. The maximum absolute atomic E-state index is 12.0. The third-order valence-electron chi connectivity index (χ3n) is 5.07. The molecule has 0 radical (unpaired) electrons. The fraction of sp³-hybridized carbons (Fsp3) is 0.480. The van der Waals surface area contributed by atoms with Crippen LogP contribution in [0.4, 0.5) is 0 Å². The van der Waals surface area contributed by atoms with Gasteiger partial charge in [-0.1, -0.05) is 6.08 Å². The molecule has 1 heterocycles. The van der Waals surface area contributed by atoms with Crippen molar-refractivity contribution in [2.45, 2.75) is 58.4 Å². The van der Waals surface area contributed by atoms with Gasteiger partial charge in [0.2, 0.25) is 21.9 Å². The van der Waals surface area contributed by atoms with Crippen LogP contribution in [0.5, 0.6) is 17.2 Å². The van der Waals surface area contributed by atoms with Crippen molar-refractivity contribution in [3.63, 3.8) is 0 Å². The Morgan fingerprint density at radius 1 is 0.821 bits per heavy atom. The van der Waals surface area contributed by atoms with Gasteiger partial charge < -0.3 is 37.9 Å². The zero-order valence-corrected chi connectivity index (χ0v) is 24.2. The van der Waals surface area contributed by atoms with Gasteiger partial charge in [-0.2, -0.15) is 0 Å². The van der Waals surface area contributed by atoms with E-state index in [4.69, 9.17) is 37.9 Å². The molecule has 1 aliphatic heterocycles. The number of halogens is 1. The Balaban J connectivity index is 2.62. The van der Waals surface area contributed by atoms with Gasteiger partial charge in [0.1, 0.15) is 12.7 Å². The predicted octanol–water partition coefficient (Wildman–Crippen LogP) is 2.14. The Hall–Kier alpha value is -3.40. The maximum atomic E-state index is 12.0. The minimum Gasteiger partial charge on any atom is -0.493 e. The van der Waals surface area contributed by atoms with Crippen molar-refractivity contribution in [3.05, 3.63) is 23.8 Å². The molecule has 39 heavy (non-hydrogen) atoms. The molecule has 214 valence electrons. The largest absolute Gasteiger partial charge is 0.493 e. The van der Waals surface area contributed by atoms with Crippen molar-refractivity contribution in [2.75, 3.05) is 20.8 Å². The van der Waals surface area contributed by atoms with Gasteiger partial charge >= 0.3 is 23.9 Å². The van der Waals surface area contributed by atoms with Crippen LogP contribution in [-0.4, -0.2) is 79.2 Å². The van der Waals surface area contributed by atoms with E-state index in [0.717, 1.165) is 20.8 Å². The second-order valence-electron chi connectivity index (χ2n) is 8.08. The smallest absolute Gasteiger partial charge is 0.303 e. The third kappa shape index (κ3) is 9.38. The first kappa shape index (κ1) is 31.8. The van der Waals surface area contributed by atoms with Crippen molar-refractivity contribution >= 4 is 56.3 Å². The summed E-state index contributed by atoms with van der Waals surface area (Å²) in [6, 6.07) is 3.11. The number of esters is 4. The topological polar surface area (TPSA) is 159 Å². The number of hydrogen-bond donors (Lipinski definition) is 0. The fourth-order valence-electron chi connectivity index (χ4n) is 3.67. The van der Waals surface area contributed by atoms with Crippen LogP contribution in [0.3, 0.4) is 0 Å². The van der Waals surface area contributed by atoms with Crippen LogP contribution in [-0.2, 0) is 47.7 Å². The van der Waals surface area contributed by atoms with E-state index < -0.39 is 61.2 Å². The molecule has 0 aliphatic carbocycles. The molecule has 0 N–H and O–H groups in total. The summed E-state index contributed by atoms with van der Waals surface area (Å²) in [6.07, 6.45) is -4.01. The van der Waals surface area contributed by atoms with Crippen LogP contribution in [0.15, 0.2) is 18.2 Å². The monoisotopic (exact) mass is 664 g/mol. The maximum Gasteiger partial charge on any atom is 0.303 e. The number of allylic oxidation sites excluding steroid dienone is 1. The van der Waals surface area contributed by atoms with Crippen LogP contribution < -0.4 is 14.2 Å². The molecule has 1 fully saturated rings. The molecule has 13 nitrogen and oxygen atoms in total. The molecule has 2 rings (SSSR count). The van der Waals surface area contributed by atoms with Gasteiger partial charge in [-0.25, -0.2) is 0 Å². The van der Waals surface area contributed by atoms with E-state index in [-0.39, 0.29) is 21.0 Å². The average Bonchev–Trinajstić information content (AvgIpc) is 2.84. The van der Waals surface area contributed by atoms with Gasteiger partial charge in [0.25, 0.3) is 0 Å². The highest BCUT2D eigenvalue weighted by molar-refractivity contribution is 14.1. The Morgan fingerprint density at radius 2 is 1.33 bits per heavy atom. The van der Waals surface area contributed by atoms with E-state index in [2.05, 4.69) is 0 Å². The molecule has 1 saturated heterocycles. The minimum atomic E-state index is -1.49. The average molecular weight is 664 g/mol. The van der Waals surface area contributed by atoms with Crippen molar-refractivity contribution in [3.8, 4) is 17.2 Å². The Labute approximate surface area is 238 Å². The molecule has 0 unspecified atom stereocenters. The van der Waals surface area contributed by atoms with Gasteiger partial charge in [-0.05, 0) is 23.8 Å². The lowest BCUT2D eigenvalue weighted by atomic mass is 9.98. The van der Waals surface area contributed by atoms with E-state index in [9.17, 15) is 24.0 Å². The highest BCUT2D eigenvalue weighted by atomic mass is 127. The Kier molecular flexibility index (Phi) is 12.0. The summed E-state index contributed by atoms with van der Waals surface area (Å²) < 4.78 is 44.0. The first-order chi connectivity index (χ1) is 18.4. The van der Waals surface area contributed by atoms with E-state index in [1.807, 2.05) is 0 Å². The molecule has 0 amide bonds. The van der Waals surface area contributed by atoms with E-state index in [1.54, 1.807) is 34.7 Å². The van der Waals surface area contributed by atoms with Crippen LogP contribution in [0.25, 0.3) is 6.08 Å². The lowest BCUT2D eigenvalue weighted by Crippen LogP contribution is -2.63. The number of carbonyl (C=O) groups is 5. The lowest BCUT2D eigenvalue weighted by molar-refractivity contribution is -0.288. The minimum absolute atomic E-state index is 0.0128. The summed E-state index contributed by atoms with van der Waals surface area (Å²) >= 11 is 1.62. The quantitative estimate of drug-likeness (QED) is 0.111. The molecular formula is C25H29IO13. The van der Waals surface area contributed by atoms with Crippen molar-refractivity contribution in [2.24, 2.45) is 0 Å². The van der Waals surface area contributed by atoms with E-state index in [0.29, 0.717) is 5.56 Å². The fourth-order valence-corrected chi connectivity index (χ4v) is 3.85. The highest BCUT2D eigenvalue weighted by Gasteiger charge is 2.53. The molecule has 1 aromatic carbocycles. The van der Waals surface area contributed by atoms with Gasteiger partial charge in [0.05, 0.1) is 14.2 Å². The third-order valence-corrected chi connectivity index (χ3v) is 5.43. The molecule has 1 aromatic rings. The van der Waals surface area contributed by atoms with Crippen LogP contribution in [0.2, 0.25) is 0 Å². The summed E-state index contributed by atoms with van der Waals surface area (Å²) in [5.74, 6) is -2.65. The van der Waals surface area contributed by atoms with Gasteiger partial charge in [0.15, 0.2) is 23.7 Å². The standard InChI is InChI=1S/C25H29IO13/c1-12(27)34-11-19-22(35-13(2)28)23(36-14(3)29)24(37-15(4)30)25(38-19)39-21-17(32-5)9-16(7-8-20(26)31)10-18(21)33-6/h7-10,19,22-25H,11H2,1-6H3/t19-,22+,23+,24-,25+/m1/s1. The number of carbonyl (C=O) groups excluding carboxylic acids is 5. The van der Waals surface area contributed by atoms with Crippen LogP contribution >= 0.6 is 22.6 Å². The zero-order valence-electron chi connectivity index (χ0n) is 22.1. The number of rotatable bonds is 11. The van der Waals surface area contributed by atoms with Crippen molar-refractivity contribution in [1.29, 1.82) is 0 Å². The van der Waals surface area contributed by atoms with Gasteiger partial charge in [-0.15, -0.1) is 0 Å².